The fraction of sp³-hybridized carbons (Fsp3) is 0.588. The zero-order chi connectivity index (χ0) is 14.6. The quantitative estimate of drug-likeness (QED) is 0.835. The number of piperazine rings is 1. The van der Waals surface area contributed by atoms with E-state index >= 15 is 0 Å². The predicted octanol–water partition coefficient (Wildman–Crippen LogP) is 2.67. The van der Waals surface area contributed by atoms with Crippen LogP contribution in [0.4, 0.5) is 4.39 Å². The molecular formula is C17H21FN2O. The molecule has 4 bridgehead atoms. The van der Waals surface area contributed by atoms with Gasteiger partial charge in [0.1, 0.15) is 5.82 Å². The molecule has 0 N–H and O–H groups in total. The van der Waals surface area contributed by atoms with Gasteiger partial charge in [-0.2, -0.15) is 0 Å². The van der Waals surface area contributed by atoms with Crippen LogP contribution < -0.4 is 0 Å². The Balaban J connectivity index is 1.65. The Hall–Kier alpha value is -1.42. The molecule has 1 aromatic rings. The van der Waals surface area contributed by atoms with Crippen molar-refractivity contribution >= 4 is 5.91 Å². The number of hydrogen-bond acceptors (Lipinski definition) is 2. The average molecular weight is 288 g/mol. The summed E-state index contributed by atoms with van der Waals surface area (Å²) in [6.45, 7) is 3.31. The second-order valence-electron chi connectivity index (χ2n) is 6.47. The molecule has 4 atom stereocenters. The Morgan fingerprint density at radius 2 is 1.57 bits per heavy atom. The minimum atomic E-state index is -0.287. The van der Waals surface area contributed by atoms with Gasteiger partial charge >= 0.3 is 0 Å². The lowest BCUT2D eigenvalue weighted by molar-refractivity contribution is 0.0125. The molecule has 0 radical (unpaired) electrons. The Labute approximate surface area is 124 Å². The summed E-state index contributed by atoms with van der Waals surface area (Å²) >= 11 is 0. The number of hydrogen-bond donors (Lipinski definition) is 0. The van der Waals surface area contributed by atoms with Crippen molar-refractivity contribution in [3.8, 4) is 0 Å². The molecule has 0 aliphatic carbocycles. The maximum atomic E-state index is 13.1. The van der Waals surface area contributed by atoms with Crippen molar-refractivity contribution in [3.63, 3.8) is 0 Å². The Kier molecular flexibility index (Phi) is 3.03. The van der Waals surface area contributed by atoms with Crippen molar-refractivity contribution in [2.45, 2.75) is 56.8 Å². The summed E-state index contributed by atoms with van der Waals surface area (Å²) in [6, 6.07) is 7.76. The fourth-order valence-corrected chi connectivity index (χ4v) is 4.88. The van der Waals surface area contributed by atoms with Crippen LogP contribution in [0.3, 0.4) is 0 Å². The summed E-state index contributed by atoms with van der Waals surface area (Å²) in [7, 11) is 0. The molecule has 3 aliphatic rings. The van der Waals surface area contributed by atoms with Crippen molar-refractivity contribution in [3.05, 3.63) is 35.6 Å². The second-order valence-corrected chi connectivity index (χ2v) is 6.47. The van der Waals surface area contributed by atoms with Crippen molar-refractivity contribution in [1.29, 1.82) is 0 Å². The van der Waals surface area contributed by atoms with E-state index in [0.717, 1.165) is 19.4 Å². The lowest BCUT2D eigenvalue weighted by atomic mass is 10.0. The molecule has 112 valence electrons. The van der Waals surface area contributed by atoms with Gasteiger partial charge in [0.2, 0.25) is 0 Å². The predicted molar refractivity (Wildman–Crippen MR) is 78.6 cm³/mol. The van der Waals surface area contributed by atoms with E-state index in [1.807, 2.05) is 0 Å². The molecule has 0 saturated carbocycles. The lowest BCUT2D eigenvalue weighted by Crippen LogP contribution is -2.61. The van der Waals surface area contributed by atoms with Gasteiger partial charge in [-0.05, 0) is 56.5 Å². The van der Waals surface area contributed by atoms with Crippen LogP contribution in [0.15, 0.2) is 24.3 Å². The normalized spacial score (nSPS) is 34.5. The Morgan fingerprint density at radius 3 is 2.10 bits per heavy atom. The SMILES string of the molecule is CCN1C2CCC1C1CCC2N1C(=O)c1ccc(F)cc1. The van der Waals surface area contributed by atoms with Crippen LogP contribution in [0.25, 0.3) is 0 Å². The van der Waals surface area contributed by atoms with E-state index in [9.17, 15) is 9.18 Å². The van der Waals surface area contributed by atoms with Crippen LogP contribution in [0, 0.1) is 5.82 Å². The summed E-state index contributed by atoms with van der Waals surface area (Å²) in [5.74, 6) is -0.194. The van der Waals surface area contributed by atoms with Gasteiger partial charge in [-0.3, -0.25) is 9.69 Å². The summed E-state index contributed by atoms with van der Waals surface area (Å²) in [6.07, 6.45) is 4.67. The summed E-state index contributed by atoms with van der Waals surface area (Å²) in [4.78, 5) is 17.6. The van der Waals surface area contributed by atoms with Crippen molar-refractivity contribution < 1.29 is 9.18 Å². The molecular weight excluding hydrogens is 267 g/mol. The zero-order valence-corrected chi connectivity index (χ0v) is 12.3. The zero-order valence-electron chi connectivity index (χ0n) is 12.3. The van der Waals surface area contributed by atoms with Crippen LogP contribution in [-0.2, 0) is 0 Å². The minimum Gasteiger partial charge on any atom is -0.330 e. The van der Waals surface area contributed by atoms with Gasteiger partial charge in [-0.1, -0.05) is 6.92 Å². The molecule has 4 rings (SSSR count). The number of likely N-dealkylation sites (N-methyl/N-ethyl adjacent to an activating group) is 1. The van der Waals surface area contributed by atoms with Crippen LogP contribution >= 0.6 is 0 Å². The first-order chi connectivity index (χ1) is 10.2. The third-order valence-corrected chi connectivity index (χ3v) is 5.66. The molecule has 3 nitrogen and oxygen atoms in total. The van der Waals surface area contributed by atoms with Gasteiger partial charge in [0.25, 0.3) is 5.91 Å². The molecule has 21 heavy (non-hydrogen) atoms. The van der Waals surface area contributed by atoms with Crippen molar-refractivity contribution in [2.24, 2.45) is 0 Å². The largest absolute Gasteiger partial charge is 0.330 e. The number of benzene rings is 1. The van der Waals surface area contributed by atoms with Crippen LogP contribution in [0.1, 0.15) is 43.0 Å². The topological polar surface area (TPSA) is 23.6 Å². The number of rotatable bonds is 2. The van der Waals surface area contributed by atoms with Gasteiger partial charge < -0.3 is 4.90 Å². The molecule has 3 fully saturated rings. The van der Waals surface area contributed by atoms with E-state index in [2.05, 4.69) is 16.7 Å². The molecule has 0 aromatic heterocycles. The summed E-state index contributed by atoms with van der Waals surface area (Å²) in [5, 5.41) is 0. The van der Waals surface area contributed by atoms with Crippen LogP contribution in [-0.4, -0.2) is 46.4 Å². The molecule has 0 spiro atoms. The van der Waals surface area contributed by atoms with E-state index in [-0.39, 0.29) is 11.7 Å². The van der Waals surface area contributed by atoms with Gasteiger partial charge in [-0.15, -0.1) is 0 Å². The molecule has 1 amide bonds. The lowest BCUT2D eigenvalue weighted by Gasteiger charge is -2.46. The number of carbonyl (C=O) groups is 1. The van der Waals surface area contributed by atoms with E-state index in [1.165, 1.54) is 25.0 Å². The van der Waals surface area contributed by atoms with Crippen LogP contribution in [0.2, 0.25) is 0 Å². The third-order valence-electron chi connectivity index (χ3n) is 5.66. The van der Waals surface area contributed by atoms with Gasteiger partial charge in [0.05, 0.1) is 0 Å². The first-order valence-corrected chi connectivity index (χ1v) is 8.04. The fourth-order valence-electron chi connectivity index (χ4n) is 4.88. The van der Waals surface area contributed by atoms with E-state index in [1.54, 1.807) is 12.1 Å². The highest BCUT2D eigenvalue weighted by Gasteiger charge is 2.55. The van der Waals surface area contributed by atoms with E-state index in [4.69, 9.17) is 0 Å². The maximum absolute atomic E-state index is 13.1. The van der Waals surface area contributed by atoms with Gasteiger partial charge in [0, 0.05) is 29.7 Å². The maximum Gasteiger partial charge on any atom is 0.254 e. The average Bonchev–Trinajstić information content (AvgIpc) is 3.01. The molecule has 4 heteroatoms. The van der Waals surface area contributed by atoms with Crippen LogP contribution in [0.5, 0.6) is 0 Å². The number of fused-ring (bicyclic) bond motifs is 6. The molecule has 4 unspecified atom stereocenters. The summed E-state index contributed by atoms with van der Waals surface area (Å²) in [5.41, 5.74) is 0.623. The van der Waals surface area contributed by atoms with E-state index in [0.29, 0.717) is 29.7 Å². The first kappa shape index (κ1) is 13.3. The van der Waals surface area contributed by atoms with E-state index < -0.39 is 0 Å². The Morgan fingerprint density at radius 1 is 1.05 bits per heavy atom. The number of halogens is 1. The standard InChI is InChI=1S/C17H21FN2O/c1-2-19-13-7-8-14(19)16-10-9-15(13)20(16)17(21)11-3-5-12(18)6-4-11/h3-6,13-16H,2,7-10H2,1H3. The van der Waals surface area contributed by atoms with Gasteiger partial charge in [-0.25, -0.2) is 4.39 Å². The monoisotopic (exact) mass is 288 g/mol. The number of nitrogens with zero attached hydrogens (tertiary/aromatic N) is 2. The number of amides is 1. The smallest absolute Gasteiger partial charge is 0.254 e. The molecule has 1 aromatic carbocycles. The van der Waals surface area contributed by atoms with Crippen molar-refractivity contribution in [1.82, 2.24) is 9.80 Å². The number of carbonyl (C=O) groups excluding carboxylic acids is 1. The molecule has 3 heterocycles. The first-order valence-electron chi connectivity index (χ1n) is 8.04. The molecule has 3 aliphatic heterocycles. The third kappa shape index (κ3) is 1.85. The highest BCUT2D eigenvalue weighted by molar-refractivity contribution is 5.95. The highest BCUT2D eigenvalue weighted by atomic mass is 19.1. The Bertz CT molecular complexity index is 538. The minimum absolute atomic E-state index is 0.0927. The van der Waals surface area contributed by atoms with Gasteiger partial charge in [0.15, 0.2) is 0 Å². The highest BCUT2D eigenvalue weighted by Crippen LogP contribution is 2.45. The second kappa shape index (κ2) is 4.80. The van der Waals surface area contributed by atoms with Crippen molar-refractivity contribution in [2.75, 3.05) is 6.54 Å². The molecule has 3 saturated heterocycles. The summed E-state index contributed by atoms with van der Waals surface area (Å²) < 4.78 is 13.1.